The van der Waals surface area contributed by atoms with Crippen LogP contribution in [0.3, 0.4) is 0 Å². The number of nitrogens with zero attached hydrogens (tertiary/aromatic N) is 2. The maximum Gasteiger partial charge on any atom is 0.326 e. The van der Waals surface area contributed by atoms with Gasteiger partial charge in [-0.15, -0.1) is 0 Å². The minimum atomic E-state index is -0.436. The van der Waals surface area contributed by atoms with E-state index in [2.05, 4.69) is 17.1 Å². The van der Waals surface area contributed by atoms with Crippen molar-refractivity contribution in [3.8, 4) is 0 Å². The van der Waals surface area contributed by atoms with Crippen molar-refractivity contribution in [1.29, 1.82) is 0 Å². The zero-order valence-electron chi connectivity index (χ0n) is 13.7. The Labute approximate surface area is 143 Å². The Bertz CT molecular complexity index is 1020. The predicted molar refractivity (Wildman–Crippen MR) is 93.2 cm³/mol. The highest BCUT2D eigenvalue weighted by atomic mass is 16.5. The zero-order chi connectivity index (χ0) is 17.2. The number of esters is 1. The van der Waals surface area contributed by atoms with Gasteiger partial charge in [-0.25, -0.2) is 4.98 Å². The second-order valence-electron chi connectivity index (χ2n) is 6.29. The number of fused-ring (bicyclic) bond motifs is 3. The van der Waals surface area contributed by atoms with Gasteiger partial charge in [0.05, 0.1) is 12.9 Å². The van der Waals surface area contributed by atoms with Crippen LogP contribution in [0.5, 0.6) is 0 Å². The molecule has 6 nitrogen and oxygen atoms in total. The van der Waals surface area contributed by atoms with Crippen molar-refractivity contribution in [3.05, 3.63) is 53.1 Å². The summed E-state index contributed by atoms with van der Waals surface area (Å²) in [5, 5.41) is 0.787. The molecule has 3 aromatic rings. The van der Waals surface area contributed by atoms with Crippen molar-refractivity contribution in [3.63, 3.8) is 0 Å². The van der Waals surface area contributed by atoms with E-state index in [9.17, 15) is 9.59 Å². The van der Waals surface area contributed by atoms with Gasteiger partial charge < -0.3 is 9.15 Å². The summed E-state index contributed by atoms with van der Waals surface area (Å²) in [4.78, 5) is 28.9. The number of aromatic nitrogens is 2. The second-order valence-corrected chi connectivity index (χ2v) is 6.29. The summed E-state index contributed by atoms with van der Waals surface area (Å²) in [6.45, 7) is 0.222. The summed E-state index contributed by atoms with van der Waals surface area (Å²) < 4.78 is 12.2. The van der Waals surface area contributed by atoms with E-state index in [-0.39, 0.29) is 17.7 Å². The fraction of sp³-hybridized carbons (Fsp3) is 0.316. The largest absolute Gasteiger partial charge is 0.464 e. The van der Waals surface area contributed by atoms with Gasteiger partial charge in [0.1, 0.15) is 17.6 Å². The first kappa shape index (κ1) is 15.6. The number of carbonyl (C=O) groups is 1. The van der Waals surface area contributed by atoms with Crippen molar-refractivity contribution in [2.75, 3.05) is 6.61 Å². The van der Waals surface area contributed by atoms with Crippen LogP contribution in [0.25, 0.3) is 22.1 Å². The smallest absolute Gasteiger partial charge is 0.326 e. The van der Waals surface area contributed by atoms with Crippen LogP contribution >= 0.6 is 0 Å². The maximum absolute atomic E-state index is 12.6. The summed E-state index contributed by atoms with van der Waals surface area (Å²) in [7, 11) is 0. The Kier molecular flexibility index (Phi) is 4.09. The van der Waals surface area contributed by atoms with Crippen molar-refractivity contribution < 1.29 is 13.9 Å². The number of furan rings is 1. The molecule has 0 fully saturated rings. The number of hydrogen-bond donors (Lipinski definition) is 0. The van der Waals surface area contributed by atoms with Crippen LogP contribution in [-0.4, -0.2) is 22.1 Å². The zero-order valence-corrected chi connectivity index (χ0v) is 13.7. The van der Waals surface area contributed by atoms with Crippen molar-refractivity contribution in [2.24, 2.45) is 5.92 Å². The Balaban J connectivity index is 1.52. The molecule has 1 atom stereocenters. The van der Waals surface area contributed by atoms with Gasteiger partial charge in [0.15, 0.2) is 0 Å². The molecule has 128 valence electrons. The van der Waals surface area contributed by atoms with Gasteiger partial charge in [-0.3, -0.25) is 14.2 Å². The Hall–Kier alpha value is -2.89. The van der Waals surface area contributed by atoms with Gasteiger partial charge in [-0.2, -0.15) is 0 Å². The average molecular weight is 338 g/mol. The van der Waals surface area contributed by atoms with Gasteiger partial charge in [0, 0.05) is 5.39 Å². The van der Waals surface area contributed by atoms with E-state index in [1.165, 1.54) is 10.9 Å². The molecule has 1 aliphatic carbocycles. The monoisotopic (exact) mass is 338 g/mol. The Morgan fingerprint density at radius 2 is 2.20 bits per heavy atom. The molecule has 0 aliphatic heterocycles. The summed E-state index contributed by atoms with van der Waals surface area (Å²) >= 11 is 0. The first-order valence-electron chi connectivity index (χ1n) is 8.39. The van der Waals surface area contributed by atoms with Crippen molar-refractivity contribution in [2.45, 2.75) is 25.8 Å². The molecule has 4 rings (SSSR count). The van der Waals surface area contributed by atoms with Crippen molar-refractivity contribution in [1.82, 2.24) is 9.55 Å². The molecule has 0 amide bonds. The van der Waals surface area contributed by atoms with Crippen LogP contribution in [0.2, 0.25) is 0 Å². The molecule has 0 N–H and O–H groups in total. The molecular formula is C19H18N2O4. The Morgan fingerprint density at radius 3 is 3.04 bits per heavy atom. The van der Waals surface area contributed by atoms with Gasteiger partial charge in [0.25, 0.3) is 5.56 Å². The first-order chi connectivity index (χ1) is 12.2. The number of hydrogen-bond acceptors (Lipinski definition) is 5. The van der Waals surface area contributed by atoms with E-state index >= 15 is 0 Å². The van der Waals surface area contributed by atoms with Crippen LogP contribution in [0.1, 0.15) is 19.3 Å². The molecule has 2 aromatic heterocycles. The molecule has 2 heterocycles. The maximum atomic E-state index is 12.6. The topological polar surface area (TPSA) is 74.3 Å². The van der Waals surface area contributed by atoms with Crippen LogP contribution in [-0.2, 0) is 16.1 Å². The summed E-state index contributed by atoms with van der Waals surface area (Å²) in [5.74, 6) is -0.0736. The van der Waals surface area contributed by atoms with Crippen LogP contribution < -0.4 is 5.56 Å². The number of para-hydroxylation sites is 1. The SMILES string of the molecule is O=C(Cn1cnc2c(oc3ccccc32)c1=O)OCC1CC=CCC1. The minimum absolute atomic E-state index is 0.161. The van der Waals surface area contributed by atoms with Gasteiger partial charge in [0.2, 0.25) is 5.58 Å². The number of rotatable bonds is 4. The lowest BCUT2D eigenvalue weighted by Gasteiger charge is -2.17. The van der Waals surface area contributed by atoms with E-state index in [4.69, 9.17) is 9.15 Å². The first-order valence-corrected chi connectivity index (χ1v) is 8.39. The average Bonchev–Trinajstić information content (AvgIpc) is 3.03. The predicted octanol–water partition coefficient (Wildman–Crippen LogP) is 3.04. The highest BCUT2D eigenvalue weighted by Gasteiger charge is 2.16. The number of allylic oxidation sites excluding steroid dienone is 2. The fourth-order valence-electron chi connectivity index (χ4n) is 3.13. The third-order valence-electron chi connectivity index (χ3n) is 4.51. The van der Waals surface area contributed by atoms with Gasteiger partial charge in [-0.1, -0.05) is 24.3 Å². The molecule has 0 saturated carbocycles. The van der Waals surface area contributed by atoms with Crippen LogP contribution in [0.15, 0.2) is 52.0 Å². The third-order valence-corrected chi connectivity index (χ3v) is 4.51. The highest BCUT2D eigenvalue weighted by molar-refractivity contribution is 6.01. The quantitative estimate of drug-likeness (QED) is 0.540. The molecule has 1 aromatic carbocycles. The number of ether oxygens (including phenoxy) is 1. The number of benzene rings is 1. The molecule has 0 saturated heterocycles. The molecular weight excluding hydrogens is 320 g/mol. The molecule has 6 heteroatoms. The molecule has 1 aliphatic rings. The summed E-state index contributed by atoms with van der Waals surface area (Å²) in [6.07, 6.45) is 8.61. The molecule has 0 radical (unpaired) electrons. The molecule has 25 heavy (non-hydrogen) atoms. The van der Waals surface area contributed by atoms with E-state index in [1.54, 1.807) is 6.07 Å². The van der Waals surface area contributed by atoms with Gasteiger partial charge >= 0.3 is 5.97 Å². The van der Waals surface area contributed by atoms with E-state index < -0.39 is 5.97 Å². The number of carbonyl (C=O) groups excluding carboxylic acids is 1. The van der Waals surface area contributed by atoms with Crippen molar-refractivity contribution >= 4 is 28.0 Å². The molecule has 0 bridgehead atoms. The molecule has 0 spiro atoms. The Morgan fingerprint density at radius 1 is 1.32 bits per heavy atom. The van der Waals surface area contributed by atoms with Crippen LogP contribution in [0.4, 0.5) is 0 Å². The van der Waals surface area contributed by atoms with E-state index in [0.717, 1.165) is 24.6 Å². The highest BCUT2D eigenvalue weighted by Crippen LogP contribution is 2.24. The summed E-state index contributed by atoms with van der Waals surface area (Å²) in [6, 6.07) is 7.34. The van der Waals surface area contributed by atoms with E-state index in [1.807, 2.05) is 18.2 Å². The van der Waals surface area contributed by atoms with Gasteiger partial charge in [-0.05, 0) is 37.3 Å². The standard InChI is InChI=1S/C19H18N2O4/c22-16(24-11-13-6-2-1-3-7-13)10-21-12-20-17-14-8-4-5-9-15(14)25-18(17)19(21)23/h1-2,4-5,8-9,12-13H,3,6-7,10-11H2. The minimum Gasteiger partial charge on any atom is -0.464 e. The lowest BCUT2D eigenvalue weighted by Crippen LogP contribution is -2.26. The second kappa shape index (κ2) is 6.55. The van der Waals surface area contributed by atoms with E-state index in [0.29, 0.717) is 23.6 Å². The van der Waals surface area contributed by atoms with Crippen LogP contribution in [0, 0.1) is 5.92 Å². The lowest BCUT2D eigenvalue weighted by molar-refractivity contribution is -0.145. The summed E-state index contributed by atoms with van der Waals surface area (Å²) in [5.41, 5.74) is 0.902. The fourth-order valence-corrected chi connectivity index (χ4v) is 3.13. The lowest BCUT2D eigenvalue weighted by atomic mass is 9.95. The molecule has 1 unspecified atom stereocenters. The third kappa shape index (κ3) is 3.07. The normalized spacial score (nSPS) is 17.2.